The van der Waals surface area contributed by atoms with Crippen molar-refractivity contribution >= 4 is 11.6 Å². The second-order valence-corrected chi connectivity index (χ2v) is 2.84. The van der Waals surface area contributed by atoms with Gasteiger partial charge in [0.15, 0.2) is 5.69 Å². The summed E-state index contributed by atoms with van der Waals surface area (Å²) in [6, 6.07) is 2.70. The fourth-order valence-electron chi connectivity index (χ4n) is 0.935. The van der Waals surface area contributed by atoms with Crippen molar-refractivity contribution in [3.05, 3.63) is 28.0 Å². The van der Waals surface area contributed by atoms with Gasteiger partial charge in [-0.05, 0) is 6.07 Å². The summed E-state index contributed by atoms with van der Waals surface area (Å²) in [7, 11) is 0. The summed E-state index contributed by atoms with van der Waals surface area (Å²) in [4.78, 5) is 3.36. The van der Waals surface area contributed by atoms with E-state index in [2.05, 4.69) is 4.98 Å². The van der Waals surface area contributed by atoms with Crippen LogP contribution in [0.4, 0.5) is 8.78 Å². The second kappa shape index (κ2) is 4.31. The molecule has 1 aromatic rings. The van der Waals surface area contributed by atoms with Gasteiger partial charge in [0.1, 0.15) is 11.8 Å². The van der Waals surface area contributed by atoms with Gasteiger partial charge in [-0.3, -0.25) is 0 Å². The SMILES string of the molecule is N#Cc1nc(C(F)F)c(CO)cc1Cl. The molecule has 1 N–H and O–H groups in total. The summed E-state index contributed by atoms with van der Waals surface area (Å²) < 4.78 is 24.7. The lowest BCUT2D eigenvalue weighted by Gasteiger charge is -2.06. The minimum Gasteiger partial charge on any atom is -0.392 e. The number of nitriles is 1. The molecule has 0 saturated carbocycles. The molecule has 1 aromatic heterocycles. The number of aliphatic hydroxyl groups is 1. The van der Waals surface area contributed by atoms with E-state index in [1.165, 1.54) is 0 Å². The molecule has 0 saturated heterocycles. The zero-order valence-electron chi connectivity index (χ0n) is 6.84. The van der Waals surface area contributed by atoms with Crippen molar-refractivity contribution in [2.75, 3.05) is 0 Å². The lowest BCUT2D eigenvalue weighted by Crippen LogP contribution is -2.01. The Balaban J connectivity index is 3.34. The molecule has 0 aliphatic heterocycles. The number of pyridine rings is 1. The Morgan fingerprint density at radius 1 is 1.64 bits per heavy atom. The number of aromatic nitrogens is 1. The quantitative estimate of drug-likeness (QED) is 0.826. The summed E-state index contributed by atoms with van der Waals surface area (Å²) in [5, 5.41) is 17.2. The number of hydrogen-bond donors (Lipinski definition) is 1. The van der Waals surface area contributed by atoms with Gasteiger partial charge in [0.2, 0.25) is 0 Å². The molecular weight excluding hydrogens is 214 g/mol. The highest BCUT2D eigenvalue weighted by Gasteiger charge is 2.17. The summed E-state index contributed by atoms with van der Waals surface area (Å²) in [6.07, 6.45) is -2.83. The molecule has 0 amide bonds. The largest absolute Gasteiger partial charge is 0.392 e. The van der Waals surface area contributed by atoms with Crippen LogP contribution in [0.1, 0.15) is 23.4 Å². The number of rotatable bonds is 2. The molecule has 0 aliphatic rings. The first-order valence-corrected chi connectivity index (χ1v) is 3.96. The molecule has 74 valence electrons. The molecule has 1 heterocycles. The van der Waals surface area contributed by atoms with Gasteiger partial charge in [0, 0.05) is 5.56 Å². The van der Waals surface area contributed by atoms with Crippen LogP contribution in [0.3, 0.4) is 0 Å². The Morgan fingerprint density at radius 2 is 2.29 bits per heavy atom. The molecule has 0 aromatic carbocycles. The number of nitrogens with zero attached hydrogens (tertiary/aromatic N) is 2. The Labute approximate surface area is 83.6 Å². The van der Waals surface area contributed by atoms with E-state index in [1.807, 2.05) is 0 Å². The van der Waals surface area contributed by atoms with E-state index in [-0.39, 0.29) is 16.3 Å². The minimum atomic E-state index is -2.83. The predicted molar refractivity (Wildman–Crippen MR) is 44.8 cm³/mol. The third kappa shape index (κ3) is 1.97. The molecule has 3 nitrogen and oxygen atoms in total. The fraction of sp³-hybridized carbons (Fsp3) is 0.250. The van der Waals surface area contributed by atoms with Crippen LogP contribution < -0.4 is 0 Å². The van der Waals surface area contributed by atoms with Gasteiger partial charge in [0.25, 0.3) is 6.43 Å². The zero-order valence-corrected chi connectivity index (χ0v) is 7.59. The third-order valence-electron chi connectivity index (χ3n) is 1.57. The average Bonchev–Trinajstić information content (AvgIpc) is 2.16. The molecule has 0 bridgehead atoms. The fourth-order valence-corrected chi connectivity index (χ4v) is 1.15. The Kier molecular flexibility index (Phi) is 3.33. The Morgan fingerprint density at radius 3 is 2.71 bits per heavy atom. The monoisotopic (exact) mass is 218 g/mol. The molecule has 0 radical (unpaired) electrons. The van der Waals surface area contributed by atoms with Crippen LogP contribution in [0, 0.1) is 11.3 Å². The zero-order chi connectivity index (χ0) is 10.7. The minimum absolute atomic E-state index is 0.0408. The summed E-state index contributed by atoms with van der Waals surface area (Å²) in [5.74, 6) is 0. The number of alkyl halides is 2. The lowest BCUT2D eigenvalue weighted by atomic mass is 10.2. The van der Waals surface area contributed by atoms with Gasteiger partial charge in [-0.2, -0.15) is 5.26 Å². The van der Waals surface area contributed by atoms with Crippen LogP contribution in [0.15, 0.2) is 6.07 Å². The van der Waals surface area contributed by atoms with Crippen molar-refractivity contribution < 1.29 is 13.9 Å². The molecule has 1 rings (SSSR count). The molecular formula is C8H5ClF2N2O. The maximum atomic E-state index is 12.3. The second-order valence-electron chi connectivity index (χ2n) is 2.43. The smallest absolute Gasteiger partial charge is 0.280 e. The molecule has 0 spiro atoms. The van der Waals surface area contributed by atoms with Gasteiger partial charge in [-0.25, -0.2) is 13.8 Å². The number of halogens is 3. The van der Waals surface area contributed by atoms with E-state index in [0.717, 1.165) is 6.07 Å². The summed E-state index contributed by atoms with van der Waals surface area (Å²) in [6.45, 7) is -0.585. The van der Waals surface area contributed by atoms with E-state index in [9.17, 15) is 8.78 Å². The van der Waals surface area contributed by atoms with Crippen LogP contribution >= 0.6 is 11.6 Å². The van der Waals surface area contributed by atoms with Crippen LogP contribution in [0.25, 0.3) is 0 Å². The van der Waals surface area contributed by atoms with E-state index in [0.29, 0.717) is 0 Å². The Bertz CT molecular complexity index is 390. The maximum Gasteiger partial charge on any atom is 0.280 e. The van der Waals surface area contributed by atoms with Crippen molar-refractivity contribution in [1.29, 1.82) is 5.26 Å². The molecule has 0 unspecified atom stereocenters. The molecule has 0 fully saturated rings. The lowest BCUT2D eigenvalue weighted by molar-refractivity contribution is 0.141. The number of aliphatic hydroxyl groups excluding tert-OH is 1. The molecule has 0 atom stereocenters. The maximum absolute atomic E-state index is 12.3. The van der Waals surface area contributed by atoms with Crippen molar-refractivity contribution in [3.8, 4) is 6.07 Å². The van der Waals surface area contributed by atoms with Gasteiger partial charge < -0.3 is 5.11 Å². The highest BCUT2D eigenvalue weighted by atomic mass is 35.5. The van der Waals surface area contributed by atoms with E-state index >= 15 is 0 Å². The highest BCUT2D eigenvalue weighted by molar-refractivity contribution is 6.31. The first-order valence-electron chi connectivity index (χ1n) is 3.58. The van der Waals surface area contributed by atoms with E-state index in [4.69, 9.17) is 22.0 Å². The van der Waals surface area contributed by atoms with Gasteiger partial charge in [-0.15, -0.1) is 0 Å². The predicted octanol–water partition coefficient (Wildman–Crippen LogP) is 2.04. The standard InChI is InChI=1S/C8H5ClF2N2O/c9-5-1-4(3-14)7(8(10)11)13-6(5)2-12/h1,8,14H,3H2. The summed E-state index contributed by atoms with van der Waals surface area (Å²) >= 11 is 5.54. The van der Waals surface area contributed by atoms with Crippen molar-refractivity contribution in [2.24, 2.45) is 0 Å². The first-order chi connectivity index (χ1) is 6.60. The first kappa shape index (κ1) is 10.8. The average molecular weight is 219 g/mol. The molecule has 14 heavy (non-hydrogen) atoms. The van der Waals surface area contributed by atoms with Crippen molar-refractivity contribution in [1.82, 2.24) is 4.98 Å². The van der Waals surface area contributed by atoms with Gasteiger partial charge in [0.05, 0.1) is 11.6 Å². The topological polar surface area (TPSA) is 56.9 Å². The summed E-state index contributed by atoms with van der Waals surface area (Å²) in [5.41, 5.74) is -0.934. The van der Waals surface area contributed by atoms with Gasteiger partial charge >= 0.3 is 0 Å². The van der Waals surface area contributed by atoms with Crippen molar-refractivity contribution in [2.45, 2.75) is 13.0 Å². The molecule has 0 aliphatic carbocycles. The van der Waals surface area contributed by atoms with Gasteiger partial charge in [-0.1, -0.05) is 11.6 Å². The highest BCUT2D eigenvalue weighted by Crippen LogP contribution is 2.25. The van der Waals surface area contributed by atoms with Crippen LogP contribution in [-0.4, -0.2) is 10.1 Å². The molecule has 6 heteroatoms. The third-order valence-corrected chi connectivity index (χ3v) is 1.86. The van der Waals surface area contributed by atoms with Crippen LogP contribution in [-0.2, 0) is 6.61 Å². The van der Waals surface area contributed by atoms with E-state index in [1.54, 1.807) is 6.07 Å². The Hall–Kier alpha value is -1.25. The van der Waals surface area contributed by atoms with Crippen LogP contribution in [0.5, 0.6) is 0 Å². The van der Waals surface area contributed by atoms with Crippen LogP contribution in [0.2, 0.25) is 5.02 Å². The van der Waals surface area contributed by atoms with E-state index < -0.39 is 18.7 Å². The normalized spacial score (nSPS) is 10.3. The van der Waals surface area contributed by atoms with Crippen molar-refractivity contribution in [3.63, 3.8) is 0 Å². The number of hydrogen-bond acceptors (Lipinski definition) is 3.